The molecule has 1 amide bonds. The van der Waals surface area contributed by atoms with Gasteiger partial charge in [-0.25, -0.2) is 4.98 Å². The first-order valence-corrected chi connectivity index (χ1v) is 16.1. The SMILES string of the molecule is Cc1c(C#Cc2cnc3cnc(-c4ccc(N)cc4)cn23)cccc1C(=O)Nc1cc(CN2CCN(C)CC2)cc(-c2ccccc2)c1. The number of amides is 1. The molecule has 48 heavy (non-hydrogen) atoms. The van der Waals surface area contributed by atoms with Crippen LogP contribution in [-0.4, -0.2) is 63.3 Å². The second kappa shape index (κ2) is 13.5. The van der Waals surface area contributed by atoms with E-state index in [0.717, 1.165) is 77.6 Å². The number of piperazine rings is 1. The van der Waals surface area contributed by atoms with Gasteiger partial charge < -0.3 is 16.0 Å². The molecule has 238 valence electrons. The Hall–Kier alpha value is -5.75. The number of nitrogen functional groups attached to an aromatic ring is 1. The molecule has 0 bridgehead atoms. The number of nitrogens with zero attached hydrogens (tertiary/aromatic N) is 5. The lowest BCUT2D eigenvalue weighted by Gasteiger charge is -2.32. The molecule has 0 atom stereocenters. The van der Waals surface area contributed by atoms with E-state index in [2.05, 4.69) is 74.3 Å². The van der Waals surface area contributed by atoms with E-state index in [0.29, 0.717) is 16.9 Å². The minimum Gasteiger partial charge on any atom is -0.399 e. The molecule has 1 saturated heterocycles. The summed E-state index contributed by atoms with van der Waals surface area (Å²) >= 11 is 0. The summed E-state index contributed by atoms with van der Waals surface area (Å²) in [6, 6.07) is 30.0. The van der Waals surface area contributed by atoms with Crippen LogP contribution in [-0.2, 0) is 6.54 Å². The summed E-state index contributed by atoms with van der Waals surface area (Å²) < 4.78 is 1.93. The van der Waals surface area contributed by atoms with Crippen molar-refractivity contribution in [3.05, 3.63) is 138 Å². The van der Waals surface area contributed by atoms with Gasteiger partial charge in [0.05, 0.1) is 18.1 Å². The lowest BCUT2D eigenvalue weighted by Crippen LogP contribution is -2.43. The van der Waals surface area contributed by atoms with Gasteiger partial charge in [-0.15, -0.1) is 0 Å². The van der Waals surface area contributed by atoms with Gasteiger partial charge in [-0.1, -0.05) is 54.5 Å². The molecular formula is C40H37N7O. The maximum Gasteiger partial charge on any atom is 0.255 e. The number of hydrogen-bond donors (Lipinski definition) is 2. The van der Waals surface area contributed by atoms with Crippen LogP contribution in [0.25, 0.3) is 28.0 Å². The molecular weight excluding hydrogens is 594 g/mol. The number of carbonyl (C=O) groups excluding carboxylic acids is 1. The van der Waals surface area contributed by atoms with Crippen LogP contribution in [0.3, 0.4) is 0 Å². The molecule has 0 radical (unpaired) electrons. The molecule has 3 N–H and O–H groups in total. The molecule has 0 unspecified atom stereocenters. The third-order valence-corrected chi connectivity index (χ3v) is 8.87. The molecule has 0 spiro atoms. The van der Waals surface area contributed by atoms with Gasteiger partial charge in [0.15, 0.2) is 5.65 Å². The Balaban J connectivity index is 1.14. The Kier molecular flexibility index (Phi) is 8.71. The molecule has 0 saturated carbocycles. The predicted octanol–water partition coefficient (Wildman–Crippen LogP) is 6.35. The molecule has 6 aromatic rings. The third kappa shape index (κ3) is 6.83. The number of aromatic nitrogens is 3. The average Bonchev–Trinajstić information content (AvgIpc) is 3.51. The maximum absolute atomic E-state index is 13.8. The number of imidazole rings is 1. The van der Waals surface area contributed by atoms with Crippen LogP contribution >= 0.6 is 0 Å². The fraction of sp³-hybridized carbons (Fsp3) is 0.175. The molecule has 8 heteroatoms. The summed E-state index contributed by atoms with van der Waals surface area (Å²) in [6.45, 7) is 6.93. The van der Waals surface area contributed by atoms with Crippen molar-refractivity contribution in [3.63, 3.8) is 0 Å². The van der Waals surface area contributed by atoms with Crippen LogP contribution in [0, 0.1) is 18.8 Å². The first kappa shape index (κ1) is 30.9. The van der Waals surface area contributed by atoms with Crippen molar-refractivity contribution in [3.8, 4) is 34.2 Å². The molecule has 4 aromatic carbocycles. The predicted molar refractivity (Wildman–Crippen MR) is 193 cm³/mol. The molecule has 3 heterocycles. The largest absolute Gasteiger partial charge is 0.399 e. The van der Waals surface area contributed by atoms with Crippen molar-refractivity contribution < 1.29 is 4.79 Å². The fourth-order valence-electron chi connectivity index (χ4n) is 6.05. The van der Waals surface area contributed by atoms with Crippen molar-refractivity contribution in [2.75, 3.05) is 44.3 Å². The summed E-state index contributed by atoms with van der Waals surface area (Å²) in [5.74, 6) is 6.39. The van der Waals surface area contributed by atoms with Gasteiger partial charge in [0.2, 0.25) is 0 Å². The standard InChI is InChI=1S/C40H37N7O/c1-28-30(13-16-36-24-43-39-25-42-38(27-47(36)39)32-11-14-34(41)15-12-32)9-6-10-37(28)40(48)44-35-22-29(26-46-19-17-45(2)18-20-46)21-33(23-35)31-7-4-3-5-8-31/h3-12,14-15,21-25,27H,17-20,26,41H2,1-2H3,(H,44,48). The van der Waals surface area contributed by atoms with Gasteiger partial charge in [0, 0.05) is 67.0 Å². The van der Waals surface area contributed by atoms with E-state index in [9.17, 15) is 4.79 Å². The molecule has 1 fully saturated rings. The van der Waals surface area contributed by atoms with E-state index in [4.69, 9.17) is 5.73 Å². The summed E-state index contributed by atoms with van der Waals surface area (Å²) in [6.07, 6.45) is 5.40. The Bertz CT molecular complexity index is 2150. The van der Waals surface area contributed by atoms with Crippen LogP contribution in [0.1, 0.15) is 32.7 Å². The van der Waals surface area contributed by atoms with Crippen molar-refractivity contribution >= 4 is 22.9 Å². The topological polar surface area (TPSA) is 91.8 Å². The number of rotatable bonds is 6. The molecule has 2 aromatic heterocycles. The first-order valence-electron chi connectivity index (χ1n) is 16.1. The lowest BCUT2D eigenvalue weighted by atomic mass is 10.00. The Labute approximate surface area is 280 Å². The van der Waals surface area contributed by atoms with Crippen LogP contribution in [0.5, 0.6) is 0 Å². The van der Waals surface area contributed by atoms with E-state index in [1.165, 1.54) is 5.56 Å². The van der Waals surface area contributed by atoms with Gasteiger partial charge in [-0.05, 0) is 84.6 Å². The number of likely N-dealkylation sites (N-methyl/N-ethyl adjacent to an activating group) is 1. The highest BCUT2D eigenvalue weighted by Gasteiger charge is 2.17. The second-order valence-corrected chi connectivity index (χ2v) is 12.3. The number of nitrogens with one attached hydrogen (secondary N) is 1. The van der Waals surface area contributed by atoms with Gasteiger partial charge in [0.1, 0.15) is 5.69 Å². The smallest absolute Gasteiger partial charge is 0.255 e. The Morgan fingerprint density at radius 2 is 1.62 bits per heavy atom. The van der Waals surface area contributed by atoms with E-state index < -0.39 is 0 Å². The summed E-state index contributed by atoms with van der Waals surface area (Å²) in [5, 5.41) is 3.20. The molecule has 1 aliphatic heterocycles. The number of fused-ring (bicyclic) bond motifs is 1. The van der Waals surface area contributed by atoms with Crippen LogP contribution in [0.2, 0.25) is 0 Å². The minimum atomic E-state index is -0.166. The van der Waals surface area contributed by atoms with Crippen molar-refractivity contribution in [2.24, 2.45) is 0 Å². The van der Waals surface area contributed by atoms with E-state index in [1.807, 2.05) is 78.2 Å². The molecule has 7 rings (SSSR count). The van der Waals surface area contributed by atoms with Crippen LogP contribution < -0.4 is 11.1 Å². The number of benzene rings is 4. The van der Waals surface area contributed by atoms with E-state index in [-0.39, 0.29) is 5.91 Å². The molecule has 0 aliphatic carbocycles. The summed E-state index contributed by atoms with van der Waals surface area (Å²) in [4.78, 5) is 27.6. The van der Waals surface area contributed by atoms with Crippen LogP contribution in [0.15, 0.2) is 110 Å². The minimum absolute atomic E-state index is 0.166. The van der Waals surface area contributed by atoms with Gasteiger partial charge in [-0.2, -0.15) is 0 Å². The highest BCUT2D eigenvalue weighted by molar-refractivity contribution is 6.06. The van der Waals surface area contributed by atoms with Gasteiger partial charge in [-0.3, -0.25) is 19.1 Å². The maximum atomic E-state index is 13.8. The average molecular weight is 632 g/mol. The Morgan fingerprint density at radius 1 is 0.833 bits per heavy atom. The fourth-order valence-corrected chi connectivity index (χ4v) is 6.05. The number of hydrogen-bond acceptors (Lipinski definition) is 6. The number of anilines is 2. The monoisotopic (exact) mass is 631 g/mol. The zero-order chi connectivity index (χ0) is 33.0. The highest BCUT2D eigenvalue weighted by atomic mass is 16.1. The second-order valence-electron chi connectivity index (χ2n) is 12.3. The van der Waals surface area contributed by atoms with Gasteiger partial charge in [0.25, 0.3) is 5.91 Å². The quantitative estimate of drug-likeness (QED) is 0.164. The zero-order valence-electron chi connectivity index (χ0n) is 27.1. The first-order chi connectivity index (χ1) is 23.4. The third-order valence-electron chi connectivity index (χ3n) is 8.87. The van der Waals surface area contributed by atoms with Crippen LogP contribution in [0.4, 0.5) is 11.4 Å². The highest BCUT2D eigenvalue weighted by Crippen LogP contribution is 2.27. The summed E-state index contributed by atoms with van der Waals surface area (Å²) in [5.41, 5.74) is 16.1. The van der Waals surface area contributed by atoms with E-state index in [1.54, 1.807) is 12.4 Å². The van der Waals surface area contributed by atoms with Gasteiger partial charge >= 0.3 is 0 Å². The number of carbonyl (C=O) groups is 1. The number of nitrogens with two attached hydrogens (primary N) is 1. The molecule has 1 aliphatic rings. The summed E-state index contributed by atoms with van der Waals surface area (Å²) in [7, 11) is 2.17. The zero-order valence-corrected chi connectivity index (χ0v) is 27.1. The van der Waals surface area contributed by atoms with Crippen molar-refractivity contribution in [1.82, 2.24) is 24.2 Å². The van der Waals surface area contributed by atoms with Crippen molar-refractivity contribution in [1.29, 1.82) is 0 Å². The Morgan fingerprint density at radius 3 is 2.42 bits per heavy atom. The normalized spacial score (nSPS) is 13.6. The lowest BCUT2D eigenvalue weighted by molar-refractivity contribution is 0.102. The van der Waals surface area contributed by atoms with E-state index >= 15 is 0 Å². The molecule has 8 nitrogen and oxygen atoms in total. The van der Waals surface area contributed by atoms with Crippen molar-refractivity contribution in [2.45, 2.75) is 13.5 Å².